The van der Waals surface area contributed by atoms with Crippen LogP contribution in [0.25, 0.3) is 21.8 Å². The number of benzene rings is 2. The highest BCUT2D eigenvalue weighted by atomic mass is 32.2. The van der Waals surface area contributed by atoms with Crippen molar-refractivity contribution < 1.29 is 8.42 Å². The topological polar surface area (TPSA) is 108 Å². The van der Waals surface area contributed by atoms with Crippen molar-refractivity contribution in [1.29, 1.82) is 0 Å². The van der Waals surface area contributed by atoms with Crippen molar-refractivity contribution >= 4 is 43.2 Å². The first-order chi connectivity index (χ1) is 13.3. The number of nitrogens with one attached hydrogen (secondary N) is 1. The predicted octanol–water partition coefficient (Wildman–Crippen LogP) is 3.07. The molecule has 0 aliphatic heterocycles. The summed E-state index contributed by atoms with van der Waals surface area (Å²) in [4.78, 5) is 0. The lowest BCUT2D eigenvalue weighted by Crippen LogP contribution is -2.09. The van der Waals surface area contributed by atoms with Crippen LogP contribution in [0.3, 0.4) is 0 Å². The van der Waals surface area contributed by atoms with Gasteiger partial charge in [0, 0.05) is 29.5 Å². The summed E-state index contributed by atoms with van der Waals surface area (Å²) in [5.41, 5.74) is 9.05. The van der Waals surface area contributed by atoms with Crippen LogP contribution in [0.1, 0.15) is 13.8 Å². The van der Waals surface area contributed by atoms with Gasteiger partial charge in [0.2, 0.25) is 10.0 Å². The van der Waals surface area contributed by atoms with E-state index in [2.05, 4.69) is 21.8 Å². The van der Waals surface area contributed by atoms with Crippen molar-refractivity contribution in [3.8, 4) is 0 Å². The van der Waals surface area contributed by atoms with Gasteiger partial charge in [-0.15, -0.1) is 0 Å². The quantitative estimate of drug-likeness (QED) is 0.512. The average Bonchev–Trinajstić information content (AvgIpc) is 3.23. The van der Waals surface area contributed by atoms with Gasteiger partial charge in [-0.05, 0) is 50.2 Å². The molecule has 2 heterocycles. The second-order valence-corrected chi connectivity index (χ2v) is 8.14. The number of sulfonamides is 1. The molecule has 0 unspecified atom stereocenters. The number of aryl methyl sites for hydroxylation is 2. The number of hydrogen-bond acceptors (Lipinski definition) is 5. The normalized spacial score (nSPS) is 11.4. The highest BCUT2D eigenvalue weighted by Gasteiger charge is 2.05. The fourth-order valence-electron chi connectivity index (χ4n) is 2.94. The van der Waals surface area contributed by atoms with E-state index in [-0.39, 0.29) is 0 Å². The smallest absolute Gasteiger partial charge is 0.229 e. The van der Waals surface area contributed by atoms with Crippen LogP contribution >= 0.6 is 0 Å². The van der Waals surface area contributed by atoms with Gasteiger partial charge in [0.15, 0.2) is 0 Å². The molecule has 0 fully saturated rings. The summed E-state index contributed by atoms with van der Waals surface area (Å²) in [7, 11) is -3.23. The second kappa shape index (κ2) is 7.89. The first-order valence-electron chi connectivity index (χ1n) is 8.95. The summed E-state index contributed by atoms with van der Waals surface area (Å²) in [5.74, 6) is 0. The van der Waals surface area contributed by atoms with Crippen molar-refractivity contribution in [3.05, 3.63) is 48.8 Å². The maximum absolute atomic E-state index is 11.1. The van der Waals surface area contributed by atoms with Crippen LogP contribution in [0, 0.1) is 0 Å². The number of rotatable bonds is 4. The Morgan fingerprint density at radius 2 is 1.46 bits per heavy atom. The van der Waals surface area contributed by atoms with Crippen LogP contribution in [-0.2, 0) is 23.1 Å². The Kier molecular flexibility index (Phi) is 5.55. The van der Waals surface area contributed by atoms with Crippen molar-refractivity contribution in [2.45, 2.75) is 26.9 Å². The molecule has 4 aromatic rings. The molecule has 3 N–H and O–H groups in total. The van der Waals surface area contributed by atoms with E-state index in [4.69, 9.17) is 5.73 Å². The molecule has 8 nitrogen and oxygen atoms in total. The lowest BCUT2D eigenvalue weighted by Gasteiger charge is -2.04. The molecule has 0 amide bonds. The second-order valence-electron chi connectivity index (χ2n) is 6.39. The van der Waals surface area contributed by atoms with Crippen LogP contribution < -0.4 is 10.5 Å². The molecule has 0 spiro atoms. The minimum atomic E-state index is -3.23. The molecular weight excluding hydrogens is 376 g/mol. The lowest BCUT2D eigenvalue weighted by molar-refractivity contribution is 0.607. The third kappa shape index (κ3) is 4.42. The monoisotopic (exact) mass is 400 g/mol. The van der Waals surface area contributed by atoms with E-state index in [0.717, 1.165) is 46.8 Å². The van der Waals surface area contributed by atoms with Gasteiger partial charge in [-0.2, -0.15) is 10.2 Å². The van der Waals surface area contributed by atoms with Gasteiger partial charge in [-0.25, -0.2) is 8.42 Å². The Bertz CT molecular complexity index is 1210. The van der Waals surface area contributed by atoms with Crippen LogP contribution in [0.5, 0.6) is 0 Å². The average molecular weight is 401 g/mol. The van der Waals surface area contributed by atoms with E-state index in [9.17, 15) is 8.42 Å². The van der Waals surface area contributed by atoms with Gasteiger partial charge < -0.3 is 5.73 Å². The Hall–Kier alpha value is -3.07. The van der Waals surface area contributed by atoms with Crippen LogP contribution in [0.4, 0.5) is 11.4 Å². The number of nitrogens with zero attached hydrogens (tertiary/aromatic N) is 4. The van der Waals surface area contributed by atoms with Gasteiger partial charge in [-0.1, -0.05) is 0 Å². The largest absolute Gasteiger partial charge is 0.399 e. The van der Waals surface area contributed by atoms with Gasteiger partial charge in [0.1, 0.15) is 0 Å². The zero-order chi connectivity index (χ0) is 20.3. The van der Waals surface area contributed by atoms with E-state index >= 15 is 0 Å². The molecule has 0 saturated heterocycles. The molecule has 4 rings (SSSR count). The first-order valence-corrected chi connectivity index (χ1v) is 10.8. The highest BCUT2D eigenvalue weighted by Crippen LogP contribution is 2.19. The van der Waals surface area contributed by atoms with Gasteiger partial charge in [0.25, 0.3) is 0 Å². The van der Waals surface area contributed by atoms with Crippen molar-refractivity contribution in [3.63, 3.8) is 0 Å². The molecular formula is C19H24N6O2S. The maximum atomic E-state index is 11.1. The molecule has 9 heteroatoms. The van der Waals surface area contributed by atoms with Gasteiger partial charge >= 0.3 is 0 Å². The van der Waals surface area contributed by atoms with Crippen LogP contribution in [0.2, 0.25) is 0 Å². The highest BCUT2D eigenvalue weighted by molar-refractivity contribution is 7.92. The van der Waals surface area contributed by atoms with E-state index < -0.39 is 10.0 Å². The number of hydrogen-bond donors (Lipinski definition) is 2. The number of fused-ring (bicyclic) bond motifs is 2. The lowest BCUT2D eigenvalue weighted by atomic mass is 10.2. The minimum absolute atomic E-state index is 0.560. The molecule has 2 aromatic carbocycles. The van der Waals surface area contributed by atoms with Crippen LogP contribution in [0.15, 0.2) is 48.8 Å². The van der Waals surface area contributed by atoms with Crippen molar-refractivity contribution in [1.82, 2.24) is 19.6 Å². The zero-order valence-corrected chi connectivity index (χ0v) is 16.9. The minimum Gasteiger partial charge on any atom is -0.399 e. The van der Waals surface area contributed by atoms with E-state index in [0.29, 0.717) is 5.69 Å². The molecule has 0 radical (unpaired) electrons. The summed E-state index contributed by atoms with van der Waals surface area (Å²) in [6.45, 7) is 5.69. The molecule has 0 atom stereocenters. The number of nitrogen functional groups attached to an aromatic ring is 1. The van der Waals surface area contributed by atoms with E-state index in [1.807, 2.05) is 46.7 Å². The predicted molar refractivity (Wildman–Crippen MR) is 114 cm³/mol. The van der Waals surface area contributed by atoms with E-state index in [1.165, 1.54) is 0 Å². The SMILES string of the molecule is CCn1ncc2ccc(N)cc21.CCn1ncc2ccc(NS(C)(=O)=O)cc21. The molecule has 0 aliphatic rings. The van der Waals surface area contributed by atoms with Gasteiger partial charge in [0.05, 0.1) is 35.4 Å². The molecule has 0 aliphatic carbocycles. The van der Waals surface area contributed by atoms with Crippen molar-refractivity contribution in [2.75, 3.05) is 16.7 Å². The fourth-order valence-corrected chi connectivity index (χ4v) is 3.49. The third-order valence-electron chi connectivity index (χ3n) is 4.22. The molecule has 0 bridgehead atoms. The molecule has 148 valence electrons. The molecule has 28 heavy (non-hydrogen) atoms. The Morgan fingerprint density at radius 3 is 2.00 bits per heavy atom. The number of nitrogens with two attached hydrogens (primary N) is 1. The Labute approximate surface area is 164 Å². The third-order valence-corrected chi connectivity index (χ3v) is 4.82. The Balaban J connectivity index is 0.000000167. The summed E-state index contributed by atoms with van der Waals surface area (Å²) < 4.78 is 28.4. The summed E-state index contributed by atoms with van der Waals surface area (Å²) >= 11 is 0. The maximum Gasteiger partial charge on any atom is 0.229 e. The van der Waals surface area contributed by atoms with Crippen LogP contribution in [-0.4, -0.2) is 34.2 Å². The molecule has 0 saturated carbocycles. The van der Waals surface area contributed by atoms with Gasteiger partial charge in [-0.3, -0.25) is 14.1 Å². The summed E-state index contributed by atoms with van der Waals surface area (Å²) in [6, 6.07) is 11.2. The first kappa shape index (κ1) is 19.7. The summed E-state index contributed by atoms with van der Waals surface area (Å²) in [6.07, 6.45) is 4.76. The van der Waals surface area contributed by atoms with Crippen molar-refractivity contribution in [2.24, 2.45) is 0 Å². The Morgan fingerprint density at radius 1 is 0.929 bits per heavy atom. The molecule has 2 aromatic heterocycles. The van der Waals surface area contributed by atoms with E-state index in [1.54, 1.807) is 18.3 Å². The number of anilines is 2. The summed E-state index contributed by atoms with van der Waals surface area (Å²) in [5, 5.41) is 10.6. The standard InChI is InChI=1S/C10H13N3O2S.C9H11N3/c1-3-13-10-6-9(12-16(2,14)15)5-4-8(10)7-11-13;1-2-12-9-5-8(10)4-3-7(9)6-11-12/h4-7,12H,3H2,1-2H3;3-6H,2,10H2,1H3. The fraction of sp³-hybridized carbons (Fsp3) is 0.263. The number of aromatic nitrogens is 4. The zero-order valence-electron chi connectivity index (χ0n) is 16.1.